The van der Waals surface area contributed by atoms with Gasteiger partial charge in [-0.15, -0.1) is 0 Å². The molecule has 146 valence electrons. The standard InChI is InChI=1S/C20H32ClN3O2/c1-4-23-11-13-24(14-12-23)10-6-5-9-22-20(25)17(3)26-19-8-7-18(21)15-16(19)2/h7-8,15,17H,4-6,9-14H2,1-3H3,(H,22,25). The van der Waals surface area contributed by atoms with Gasteiger partial charge in [-0.2, -0.15) is 0 Å². The lowest BCUT2D eigenvalue weighted by Crippen LogP contribution is -2.46. The zero-order valence-electron chi connectivity index (χ0n) is 16.3. The van der Waals surface area contributed by atoms with Gasteiger partial charge in [-0.3, -0.25) is 4.79 Å². The van der Waals surface area contributed by atoms with Crippen LogP contribution in [0.4, 0.5) is 0 Å². The maximum absolute atomic E-state index is 12.2. The largest absolute Gasteiger partial charge is 0.481 e. The number of carbonyl (C=O) groups excluding carboxylic acids is 1. The number of nitrogens with zero attached hydrogens (tertiary/aromatic N) is 2. The average Bonchev–Trinajstić information content (AvgIpc) is 2.64. The smallest absolute Gasteiger partial charge is 0.260 e. The zero-order valence-corrected chi connectivity index (χ0v) is 17.0. The molecule has 1 atom stereocenters. The summed E-state index contributed by atoms with van der Waals surface area (Å²) in [5.74, 6) is 0.624. The van der Waals surface area contributed by atoms with Gasteiger partial charge in [-0.1, -0.05) is 18.5 Å². The first-order valence-electron chi connectivity index (χ1n) is 9.65. The van der Waals surface area contributed by atoms with E-state index < -0.39 is 6.10 Å². The fraction of sp³-hybridized carbons (Fsp3) is 0.650. The molecule has 1 N–H and O–H groups in total. The summed E-state index contributed by atoms with van der Waals surface area (Å²) < 4.78 is 5.75. The van der Waals surface area contributed by atoms with E-state index in [0.29, 0.717) is 17.3 Å². The molecule has 1 amide bonds. The first-order valence-corrected chi connectivity index (χ1v) is 10.0. The first kappa shape index (κ1) is 21.0. The van der Waals surface area contributed by atoms with Crippen LogP contribution in [0.3, 0.4) is 0 Å². The maximum atomic E-state index is 12.2. The minimum Gasteiger partial charge on any atom is -0.481 e. The summed E-state index contributed by atoms with van der Waals surface area (Å²) in [4.78, 5) is 17.2. The highest BCUT2D eigenvalue weighted by molar-refractivity contribution is 6.30. The van der Waals surface area contributed by atoms with Crippen LogP contribution in [-0.4, -0.2) is 67.6 Å². The van der Waals surface area contributed by atoms with Crippen molar-refractivity contribution in [3.63, 3.8) is 0 Å². The SMILES string of the molecule is CCN1CCN(CCCCNC(=O)C(C)Oc2ccc(Cl)cc2C)CC1. The summed E-state index contributed by atoms with van der Waals surface area (Å²) in [6.07, 6.45) is 1.58. The number of aryl methyl sites for hydroxylation is 1. The summed E-state index contributed by atoms with van der Waals surface area (Å²) in [5.41, 5.74) is 0.931. The van der Waals surface area contributed by atoms with E-state index in [-0.39, 0.29) is 5.91 Å². The van der Waals surface area contributed by atoms with Gasteiger partial charge >= 0.3 is 0 Å². The van der Waals surface area contributed by atoms with E-state index in [1.54, 1.807) is 19.1 Å². The summed E-state index contributed by atoms with van der Waals surface area (Å²) in [6.45, 7) is 13.5. The number of piperazine rings is 1. The Labute approximate surface area is 162 Å². The number of benzene rings is 1. The van der Waals surface area contributed by atoms with Gasteiger partial charge in [0, 0.05) is 37.7 Å². The number of ether oxygens (including phenoxy) is 1. The lowest BCUT2D eigenvalue weighted by molar-refractivity contribution is -0.127. The van der Waals surface area contributed by atoms with Crippen molar-refractivity contribution in [2.75, 3.05) is 45.8 Å². The third-order valence-electron chi connectivity index (χ3n) is 4.92. The fourth-order valence-electron chi connectivity index (χ4n) is 3.13. The first-order chi connectivity index (χ1) is 12.5. The van der Waals surface area contributed by atoms with Crippen molar-refractivity contribution in [3.8, 4) is 5.75 Å². The van der Waals surface area contributed by atoms with Crippen molar-refractivity contribution in [2.45, 2.75) is 39.7 Å². The number of hydrogen-bond acceptors (Lipinski definition) is 4. The summed E-state index contributed by atoms with van der Waals surface area (Å²) in [7, 11) is 0. The van der Waals surface area contributed by atoms with Crippen LogP contribution in [0.5, 0.6) is 5.75 Å². The number of carbonyl (C=O) groups is 1. The van der Waals surface area contributed by atoms with E-state index in [1.165, 1.54) is 13.1 Å². The van der Waals surface area contributed by atoms with Gasteiger partial charge in [-0.25, -0.2) is 0 Å². The van der Waals surface area contributed by atoms with Crippen molar-refractivity contribution >= 4 is 17.5 Å². The molecule has 1 heterocycles. The van der Waals surface area contributed by atoms with E-state index in [9.17, 15) is 4.79 Å². The molecule has 1 aliphatic rings. The van der Waals surface area contributed by atoms with Crippen LogP contribution in [0.2, 0.25) is 5.02 Å². The van der Waals surface area contributed by atoms with Gasteiger partial charge in [0.2, 0.25) is 0 Å². The number of unbranched alkanes of at least 4 members (excludes halogenated alkanes) is 1. The zero-order chi connectivity index (χ0) is 18.9. The molecule has 1 aromatic rings. The van der Waals surface area contributed by atoms with Crippen molar-refractivity contribution < 1.29 is 9.53 Å². The van der Waals surface area contributed by atoms with Gasteiger partial charge in [0.05, 0.1) is 0 Å². The highest BCUT2D eigenvalue weighted by atomic mass is 35.5. The molecule has 0 bridgehead atoms. The molecular formula is C20H32ClN3O2. The molecule has 0 radical (unpaired) electrons. The Bertz CT molecular complexity index is 574. The Kier molecular flexibility index (Phi) is 8.69. The normalized spacial score (nSPS) is 17.1. The Morgan fingerprint density at radius 3 is 2.58 bits per heavy atom. The number of amides is 1. The molecule has 1 aliphatic heterocycles. The van der Waals surface area contributed by atoms with E-state index in [1.807, 2.05) is 13.0 Å². The van der Waals surface area contributed by atoms with Crippen molar-refractivity contribution in [1.29, 1.82) is 0 Å². The number of likely N-dealkylation sites (N-methyl/N-ethyl adjacent to an activating group) is 1. The predicted molar refractivity (Wildman–Crippen MR) is 107 cm³/mol. The average molecular weight is 382 g/mol. The second kappa shape index (κ2) is 10.8. The second-order valence-electron chi connectivity index (χ2n) is 6.94. The molecule has 0 spiro atoms. The van der Waals surface area contributed by atoms with Crippen LogP contribution < -0.4 is 10.1 Å². The predicted octanol–water partition coefficient (Wildman–Crippen LogP) is 2.95. The van der Waals surface area contributed by atoms with Gasteiger partial charge in [0.15, 0.2) is 6.10 Å². The van der Waals surface area contributed by atoms with Gasteiger partial charge in [-0.05, 0) is 63.5 Å². The number of nitrogens with one attached hydrogen (secondary N) is 1. The summed E-state index contributed by atoms with van der Waals surface area (Å²) in [6, 6.07) is 5.41. The Hall–Kier alpha value is -1.30. The van der Waals surface area contributed by atoms with E-state index >= 15 is 0 Å². The molecule has 0 saturated carbocycles. The summed E-state index contributed by atoms with van der Waals surface area (Å²) in [5, 5.41) is 3.64. The molecule has 0 aliphatic carbocycles. The number of halogens is 1. The van der Waals surface area contributed by atoms with Crippen LogP contribution >= 0.6 is 11.6 Å². The molecular weight excluding hydrogens is 350 g/mol. The van der Waals surface area contributed by atoms with Crippen LogP contribution in [0, 0.1) is 6.92 Å². The Balaban J connectivity index is 1.59. The van der Waals surface area contributed by atoms with Crippen molar-refractivity contribution in [1.82, 2.24) is 15.1 Å². The highest BCUT2D eigenvalue weighted by Crippen LogP contribution is 2.22. The number of rotatable bonds is 9. The quantitative estimate of drug-likeness (QED) is 0.668. The van der Waals surface area contributed by atoms with Gasteiger partial charge in [0.25, 0.3) is 5.91 Å². The van der Waals surface area contributed by atoms with Crippen molar-refractivity contribution in [3.05, 3.63) is 28.8 Å². The van der Waals surface area contributed by atoms with Gasteiger partial charge < -0.3 is 19.9 Å². The molecule has 2 rings (SSSR count). The monoisotopic (exact) mass is 381 g/mol. The Morgan fingerprint density at radius 1 is 1.23 bits per heavy atom. The molecule has 6 heteroatoms. The molecule has 5 nitrogen and oxygen atoms in total. The van der Waals surface area contributed by atoms with Crippen LogP contribution in [0.1, 0.15) is 32.3 Å². The van der Waals surface area contributed by atoms with E-state index in [2.05, 4.69) is 22.0 Å². The number of hydrogen-bond donors (Lipinski definition) is 1. The maximum Gasteiger partial charge on any atom is 0.260 e. The van der Waals surface area contributed by atoms with Crippen LogP contribution in [0.25, 0.3) is 0 Å². The lowest BCUT2D eigenvalue weighted by Gasteiger charge is -2.34. The van der Waals surface area contributed by atoms with Gasteiger partial charge in [0.1, 0.15) is 5.75 Å². The van der Waals surface area contributed by atoms with E-state index in [4.69, 9.17) is 16.3 Å². The molecule has 1 fully saturated rings. The molecule has 1 unspecified atom stereocenters. The lowest BCUT2D eigenvalue weighted by atomic mass is 10.2. The molecule has 0 aromatic heterocycles. The minimum atomic E-state index is -0.517. The Morgan fingerprint density at radius 2 is 1.92 bits per heavy atom. The molecule has 1 aromatic carbocycles. The highest BCUT2D eigenvalue weighted by Gasteiger charge is 2.16. The van der Waals surface area contributed by atoms with Crippen LogP contribution in [-0.2, 0) is 4.79 Å². The third-order valence-corrected chi connectivity index (χ3v) is 5.16. The van der Waals surface area contributed by atoms with Crippen LogP contribution in [0.15, 0.2) is 18.2 Å². The topological polar surface area (TPSA) is 44.8 Å². The van der Waals surface area contributed by atoms with Crippen molar-refractivity contribution in [2.24, 2.45) is 0 Å². The van der Waals surface area contributed by atoms with E-state index in [0.717, 1.165) is 44.6 Å². The molecule has 26 heavy (non-hydrogen) atoms. The summed E-state index contributed by atoms with van der Waals surface area (Å²) >= 11 is 5.94. The minimum absolute atomic E-state index is 0.0732. The fourth-order valence-corrected chi connectivity index (χ4v) is 3.36. The third kappa shape index (κ3) is 6.78. The molecule has 1 saturated heterocycles. The second-order valence-corrected chi connectivity index (χ2v) is 7.38.